The van der Waals surface area contributed by atoms with E-state index in [9.17, 15) is 8.42 Å². The first-order valence-corrected chi connectivity index (χ1v) is 10.3. The molecule has 0 radical (unpaired) electrons. The smallest absolute Gasteiger partial charge is 0.240 e. The molecule has 1 spiro atoms. The Morgan fingerprint density at radius 1 is 0.920 bits per heavy atom. The molecule has 0 amide bonds. The van der Waals surface area contributed by atoms with Crippen molar-refractivity contribution < 1.29 is 13.2 Å². The van der Waals surface area contributed by atoms with Crippen LogP contribution in [-0.2, 0) is 14.8 Å². The molecule has 2 aromatic carbocycles. The lowest BCUT2D eigenvalue weighted by Gasteiger charge is -2.51. The van der Waals surface area contributed by atoms with E-state index in [-0.39, 0.29) is 11.5 Å². The van der Waals surface area contributed by atoms with Gasteiger partial charge in [-0.15, -0.1) is 0 Å². The normalized spacial score (nSPS) is 22.5. The van der Waals surface area contributed by atoms with E-state index in [1.807, 2.05) is 42.5 Å². The number of sulfonamides is 1. The second-order valence-electron chi connectivity index (χ2n) is 7.08. The fraction of sp³-hybridized carbons (Fsp3) is 0.400. The second-order valence-corrected chi connectivity index (χ2v) is 8.80. The SMILES string of the molecule is O=S(=O)(NC1CCC12CCOCC2)c1cccc(-c2ccccc2)c1. The molecule has 0 bridgehead atoms. The van der Waals surface area contributed by atoms with Crippen LogP contribution >= 0.6 is 0 Å². The van der Waals surface area contributed by atoms with Gasteiger partial charge in [0.1, 0.15) is 0 Å². The van der Waals surface area contributed by atoms with Crippen molar-refractivity contribution in [3.8, 4) is 11.1 Å². The van der Waals surface area contributed by atoms with E-state index >= 15 is 0 Å². The average Bonchev–Trinajstić information content (AvgIpc) is 2.67. The van der Waals surface area contributed by atoms with E-state index in [4.69, 9.17) is 4.74 Å². The summed E-state index contributed by atoms with van der Waals surface area (Å²) in [6.45, 7) is 1.48. The van der Waals surface area contributed by atoms with E-state index in [1.165, 1.54) is 0 Å². The van der Waals surface area contributed by atoms with Crippen LogP contribution in [0.1, 0.15) is 25.7 Å². The zero-order valence-corrected chi connectivity index (χ0v) is 15.0. The van der Waals surface area contributed by atoms with Gasteiger partial charge in [-0.3, -0.25) is 0 Å². The van der Waals surface area contributed by atoms with Crippen molar-refractivity contribution >= 4 is 10.0 Å². The maximum Gasteiger partial charge on any atom is 0.240 e. The molecule has 1 saturated heterocycles. The number of benzene rings is 2. The highest BCUT2D eigenvalue weighted by molar-refractivity contribution is 7.89. The lowest BCUT2D eigenvalue weighted by molar-refractivity contribution is -0.0483. The molecule has 1 N–H and O–H groups in total. The van der Waals surface area contributed by atoms with Gasteiger partial charge in [0.05, 0.1) is 4.90 Å². The summed E-state index contributed by atoms with van der Waals surface area (Å²) in [4.78, 5) is 0.336. The highest BCUT2D eigenvalue weighted by atomic mass is 32.2. The highest BCUT2D eigenvalue weighted by Crippen LogP contribution is 2.49. The minimum absolute atomic E-state index is 0.0294. The van der Waals surface area contributed by atoms with Crippen molar-refractivity contribution in [3.05, 3.63) is 54.6 Å². The average molecular weight is 357 g/mol. The third-order valence-electron chi connectivity index (χ3n) is 5.71. The van der Waals surface area contributed by atoms with E-state index in [0.717, 1.165) is 50.0 Å². The largest absolute Gasteiger partial charge is 0.381 e. The summed E-state index contributed by atoms with van der Waals surface area (Å²) in [5.41, 5.74) is 2.03. The van der Waals surface area contributed by atoms with Gasteiger partial charge in [0.2, 0.25) is 10.0 Å². The maximum absolute atomic E-state index is 12.9. The second kappa shape index (κ2) is 6.56. The Morgan fingerprint density at radius 2 is 1.64 bits per heavy atom. The number of ether oxygens (including phenoxy) is 1. The molecule has 25 heavy (non-hydrogen) atoms. The first-order chi connectivity index (χ1) is 12.1. The molecule has 4 nitrogen and oxygen atoms in total. The van der Waals surface area contributed by atoms with Gasteiger partial charge in [0, 0.05) is 19.3 Å². The van der Waals surface area contributed by atoms with Crippen LogP contribution in [-0.4, -0.2) is 27.7 Å². The zero-order valence-electron chi connectivity index (χ0n) is 14.1. The van der Waals surface area contributed by atoms with Crippen molar-refractivity contribution in [2.45, 2.75) is 36.6 Å². The minimum Gasteiger partial charge on any atom is -0.381 e. The van der Waals surface area contributed by atoms with Gasteiger partial charge >= 0.3 is 0 Å². The Labute approximate surface area is 149 Å². The van der Waals surface area contributed by atoms with Gasteiger partial charge in [0.15, 0.2) is 0 Å². The molecular weight excluding hydrogens is 334 g/mol. The van der Waals surface area contributed by atoms with Crippen LogP contribution in [0, 0.1) is 5.41 Å². The lowest BCUT2D eigenvalue weighted by Crippen LogP contribution is -2.57. The molecule has 1 saturated carbocycles. The molecule has 1 unspecified atom stereocenters. The van der Waals surface area contributed by atoms with Crippen LogP contribution in [0.3, 0.4) is 0 Å². The molecule has 2 aliphatic rings. The van der Waals surface area contributed by atoms with Gasteiger partial charge in [-0.25, -0.2) is 13.1 Å². The van der Waals surface area contributed by atoms with Gasteiger partial charge < -0.3 is 4.74 Å². The third-order valence-corrected chi connectivity index (χ3v) is 7.18. The van der Waals surface area contributed by atoms with Crippen LogP contribution < -0.4 is 4.72 Å². The van der Waals surface area contributed by atoms with E-state index < -0.39 is 10.0 Å². The Kier molecular flexibility index (Phi) is 4.40. The van der Waals surface area contributed by atoms with Crippen molar-refractivity contribution in [2.75, 3.05) is 13.2 Å². The predicted molar refractivity (Wildman–Crippen MR) is 97.7 cm³/mol. The van der Waals surface area contributed by atoms with Crippen LogP contribution in [0.4, 0.5) is 0 Å². The quantitative estimate of drug-likeness (QED) is 0.910. The summed E-state index contributed by atoms with van der Waals surface area (Å²) in [6, 6.07) is 17.0. The number of hydrogen-bond donors (Lipinski definition) is 1. The van der Waals surface area contributed by atoms with Crippen molar-refractivity contribution in [2.24, 2.45) is 5.41 Å². The molecule has 2 aromatic rings. The van der Waals surface area contributed by atoms with E-state index in [0.29, 0.717) is 4.90 Å². The molecule has 0 aromatic heterocycles. The number of rotatable bonds is 4. The van der Waals surface area contributed by atoms with Crippen molar-refractivity contribution in [1.82, 2.24) is 4.72 Å². The molecule has 1 aliphatic heterocycles. The van der Waals surface area contributed by atoms with Crippen molar-refractivity contribution in [1.29, 1.82) is 0 Å². The third kappa shape index (κ3) is 3.24. The van der Waals surface area contributed by atoms with Crippen LogP contribution in [0.2, 0.25) is 0 Å². The molecular formula is C20H23NO3S. The Balaban J connectivity index is 1.57. The van der Waals surface area contributed by atoms with Crippen LogP contribution in [0.5, 0.6) is 0 Å². The highest BCUT2D eigenvalue weighted by Gasteiger charge is 2.48. The Morgan fingerprint density at radius 3 is 2.32 bits per heavy atom. The van der Waals surface area contributed by atoms with Crippen LogP contribution in [0.25, 0.3) is 11.1 Å². The minimum atomic E-state index is -3.52. The zero-order chi connectivity index (χ0) is 17.3. The maximum atomic E-state index is 12.9. The molecule has 1 heterocycles. The van der Waals surface area contributed by atoms with Gasteiger partial charge in [0.25, 0.3) is 0 Å². The first-order valence-electron chi connectivity index (χ1n) is 8.85. The van der Waals surface area contributed by atoms with Gasteiger partial charge in [-0.05, 0) is 54.4 Å². The summed E-state index contributed by atoms with van der Waals surface area (Å²) >= 11 is 0. The topological polar surface area (TPSA) is 55.4 Å². The lowest BCUT2D eigenvalue weighted by atomic mass is 9.60. The summed E-state index contributed by atoms with van der Waals surface area (Å²) in [5.74, 6) is 0. The summed E-state index contributed by atoms with van der Waals surface area (Å²) in [6.07, 6.45) is 3.90. The fourth-order valence-corrected chi connectivity index (χ4v) is 5.40. The van der Waals surface area contributed by atoms with Crippen molar-refractivity contribution in [3.63, 3.8) is 0 Å². The summed E-state index contributed by atoms with van der Waals surface area (Å²) in [7, 11) is -3.52. The van der Waals surface area contributed by atoms with E-state index in [2.05, 4.69) is 4.72 Å². The van der Waals surface area contributed by atoms with Gasteiger partial charge in [-0.2, -0.15) is 0 Å². The fourth-order valence-electron chi connectivity index (χ4n) is 3.99. The standard InChI is InChI=1S/C20H23NO3S/c22-25(23,21-19-9-10-20(19)11-13-24-14-12-20)18-8-4-7-17(15-18)16-5-2-1-3-6-16/h1-8,15,19,21H,9-14H2. The Bertz CT molecular complexity index is 842. The Hall–Kier alpha value is -1.69. The molecule has 1 atom stereocenters. The summed E-state index contributed by atoms with van der Waals surface area (Å²) < 4.78 is 34.2. The molecule has 1 aliphatic carbocycles. The molecule has 4 rings (SSSR count). The number of hydrogen-bond acceptors (Lipinski definition) is 3. The molecule has 132 valence electrons. The monoisotopic (exact) mass is 357 g/mol. The molecule has 2 fully saturated rings. The van der Waals surface area contributed by atoms with Gasteiger partial charge in [-0.1, -0.05) is 42.5 Å². The predicted octanol–water partition coefficient (Wildman–Crippen LogP) is 3.59. The van der Waals surface area contributed by atoms with Crippen LogP contribution in [0.15, 0.2) is 59.5 Å². The number of nitrogens with one attached hydrogen (secondary N) is 1. The first kappa shape index (κ1) is 16.8. The summed E-state index contributed by atoms with van der Waals surface area (Å²) in [5, 5.41) is 0. The van der Waals surface area contributed by atoms with E-state index in [1.54, 1.807) is 12.1 Å². The molecule has 5 heteroatoms.